The molecule has 2 nitrogen and oxygen atoms in total. The van der Waals surface area contributed by atoms with E-state index in [4.69, 9.17) is 4.74 Å². The van der Waals surface area contributed by atoms with Crippen molar-refractivity contribution in [2.24, 2.45) is 5.41 Å². The van der Waals surface area contributed by atoms with Crippen LogP contribution in [0.1, 0.15) is 32.3 Å². The predicted molar refractivity (Wildman–Crippen MR) is 66.7 cm³/mol. The molecule has 1 saturated carbocycles. The summed E-state index contributed by atoms with van der Waals surface area (Å²) in [4.78, 5) is 0. The van der Waals surface area contributed by atoms with Gasteiger partial charge in [0.1, 0.15) is 5.75 Å². The van der Waals surface area contributed by atoms with Crippen LogP contribution in [0, 0.1) is 5.41 Å². The van der Waals surface area contributed by atoms with Crippen LogP contribution in [-0.2, 0) is 6.54 Å². The van der Waals surface area contributed by atoms with Crippen molar-refractivity contribution in [2.45, 2.75) is 33.2 Å². The molecule has 1 fully saturated rings. The van der Waals surface area contributed by atoms with Crippen molar-refractivity contribution in [3.05, 3.63) is 29.8 Å². The van der Waals surface area contributed by atoms with Gasteiger partial charge in [0, 0.05) is 13.1 Å². The van der Waals surface area contributed by atoms with E-state index in [1.165, 1.54) is 18.4 Å². The van der Waals surface area contributed by atoms with Gasteiger partial charge in [0.2, 0.25) is 0 Å². The zero-order valence-corrected chi connectivity index (χ0v) is 10.3. The zero-order chi connectivity index (χ0) is 11.4. The molecule has 0 aliphatic heterocycles. The first-order chi connectivity index (χ1) is 7.72. The lowest BCUT2D eigenvalue weighted by Crippen LogP contribution is -2.21. The fourth-order valence-electron chi connectivity index (χ4n) is 1.81. The second kappa shape index (κ2) is 4.88. The number of hydrogen-bond acceptors (Lipinski definition) is 2. The minimum absolute atomic E-state index is 0.581. The molecule has 0 spiro atoms. The first kappa shape index (κ1) is 11.5. The maximum absolute atomic E-state index is 5.48. The van der Waals surface area contributed by atoms with Gasteiger partial charge in [-0.2, -0.15) is 0 Å². The second-order valence-corrected chi connectivity index (χ2v) is 4.99. The molecule has 88 valence electrons. The summed E-state index contributed by atoms with van der Waals surface area (Å²) in [7, 11) is 0. The molecule has 1 aliphatic rings. The van der Waals surface area contributed by atoms with Crippen molar-refractivity contribution in [3.8, 4) is 5.75 Å². The Morgan fingerprint density at radius 1 is 1.38 bits per heavy atom. The lowest BCUT2D eigenvalue weighted by molar-refractivity contribution is 0.339. The molecule has 0 heterocycles. The molecule has 0 radical (unpaired) electrons. The molecular weight excluding hydrogens is 198 g/mol. The molecule has 16 heavy (non-hydrogen) atoms. The van der Waals surface area contributed by atoms with Crippen LogP contribution in [0.5, 0.6) is 5.75 Å². The van der Waals surface area contributed by atoms with Crippen molar-refractivity contribution in [1.82, 2.24) is 5.32 Å². The minimum atomic E-state index is 0.581. The van der Waals surface area contributed by atoms with Gasteiger partial charge < -0.3 is 10.1 Å². The molecule has 1 aliphatic carbocycles. The average molecular weight is 219 g/mol. The average Bonchev–Trinajstić information content (AvgIpc) is 2.98. The summed E-state index contributed by atoms with van der Waals surface area (Å²) in [5, 5.41) is 3.52. The quantitative estimate of drug-likeness (QED) is 0.794. The Kier molecular flexibility index (Phi) is 3.49. The number of hydrogen-bond donors (Lipinski definition) is 1. The Balaban J connectivity index is 1.81. The molecular formula is C14H21NO. The number of ether oxygens (including phenoxy) is 1. The third kappa shape index (κ3) is 3.24. The standard InChI is InChI=1S/C14H21NO/c1-3-16-13-6-4-5-12(9-13)10-15-11-14(2)7-8-14/h4-6,9,15H,3,7-8,10-11H2,1-2H3. The number of rotatable bonds is 6. The summed E-state index contributed by atoms with van der Waals surface area (Å²) < 4.78 is 5.48. The molecule has 0 aromatic heterocycles. The predicted octanol–water partition coefficient (Wildman–Crippen LogP) is 2.98. The normalized spacial score (nSPS) is 17.1. The first-order valence-electron chi connectivity index (χ1n) is 6.14. The van der Waals surface area contributed by atoms with E-state index in [0.29, 0.717) is 5.41 Å². The molecule has 2 heteroatoms. The molecule has 2 rings (SSSR count). The highest BCUT2D eigenvalue weighted by molar-refractivity contribution is 5.28. The lowest BCUT2D eigenvalue weighted by atomic mass is 10.1. The van der Waals surface area contributed by atoms with E-state index in [-0.39, 0.29) is 0 Å². The van der Waals surface area contributed by atoms with Gasteiger partial charge in [-0.1, -0.05) is 19.1 Å². The smallest absolute Gasteiger partial charge is 0.119 e. The van der Waals surface area contributed by atoms with Gasteiger partial charge in [-0.3, -0.25) is 0 Å². The lowest BCUT2D eigenvalue weighted by Gasteiger charge is -2.10. The SMILES string of the molecule is CCOc1cccc(CNCC2(C)CC2)c1. The molecule has 0 atom stereocenters. The van der Waals surface area contributed by atoms with Crippen molar-refractivity contribution in [2.75, 3.05) is 13.2 Å². The van der Waals surface area contributed by atoms with Crippen LogP contribution in [0.4, 0.5) is 0 Å². The Bertz CT molecular complexity index is 344. The summed E-state index contributed by atoms with van der Waals surface area (Å²) in [5.41, 5.74) is 1.88. The molecule has 0 saturated heterocycles. The van der Waals surface area contributed by atoms with Crippen LogP contribution < -0.4 is 10.1 Å². The van der Waals surface area contributed by atoms with E-state index >= 15 is 0 Å². The Labute approximate surface area is 98.0 Å². The number of benzene rings is 1. The van der Waals surface area contributed by atoms with Gasteiger partial charge in [-0.15, -0.1) is 0 Å². The van der Waals surface area contributed by atoms with Crippen molar-refractivity contribution in [1.29, 1.82) is 0 Å². The van der Waals surface area contributed by atoms with E-state index in [1.54, 1.807) is 0 Å². The van der Waals surface area contributed by atoms with Gasteiger partial charge in [-0.25, -0.2) is 0 Å². The van der Waals surface area contributed by atoms with Crippen LogP contribution in [0.3, 0.4) is 0 Å². The van der Waals surface area contributed by atoms with Gasteiger partial charge in [-0.05, 0) is 42.9 Å². The van der Waals surface area contributed by atoms with E-state index in [1.807, 2.05) is 13.0 Å². The van der Waals surface area contributed by atoms with Gasteiger partial charge in [0.05, 0.1) is 6.61 Å². The monoisotopic (exact) mass is 219 g/mol. The van der Waals surface area contributed by atoms with E-state index < -0.39 is 0 Å². The summed E-state index contributed by atoms with van der Waals surface area (Å²) >= 11 is 0. The summed E-state index contributed by atoms with van der Waals surface area (Å²) in [6.45, 7) is 7.16. The van der Waals surface area contributed by atoms with Crippen LogP contribution in [0.25, 0.3) is 0 Å². The fourth-order valence-corrected chi connectivity index (χ4v) is 1.81. The van der Waals surface area contributed by atoms with E-state index in [9.17, 15) is 0 Å². The van der Waals surface area contributed by atoms with Crippen LogP contribution >= 0.6 is 0 Å². The highest BCUT2D eigenvalue weighted by atomic mass is 16.5. The highest BCUT2D eigenvalue weighted by Crippen LogP contribution is 2.44. The van der Waals surface area contributed by atoms with Gasteiger partial charge in [0.25, 0.3) is 0 Å². The van der Waals surface area contributed by atoms with E-state index in [0.717, 1.165) is 25.4 Å². The van der Waals surface area contributed by atoms with Crippen LogP contribution in [0.2, 0.25) is 0 Å². The van der Waals surface area contributed by atoms with Crippen molar-refractivity contribution >= 4 is 0 Å². The summed E-state index contributed by atoms with van der Waals surface area (Å²) in [6, 6.07) is 8.33. The third-order valence-electron chi connectivity index (χ3n) is 3.19. The van der Waals surface area contributed by atoms with E-state index in [2.05, 4.69) is 30.4 Å². The largest absolute Gasteiger partial charge is 0.494 e. The Morgan fingerprint density at radius 3 is 2.88 bits per heavy atom. The van der Waals surface area contributed by atoms with Crippen LogP contribution in [0.15, 0.2) is 24.3 Å². The maximum atomic E-state index is 5.48. The molecule has 1 N–H and O–H groups in total. The number of nitrogens with one attached hydrogen (secondary N) is 1. The second-order valence-electron chi connectivity index (χ2n) is 4.99. The summed E-state index contributed by atoms with van der Waals surface area (Å²) in [5.74, 6) is 0.972. The molecule has 0 amide bonds. The zero-order valence-electron chi connectivity index (χ0n) is 10.3. The molecule has 1 aromatic rings. The van der Waals surface area contributed by atoms with Gasteiger partial charge in [0.15, 0.2) is 0 Å². The van der Waals surface area contributed by atoms with Crippen LogP contribution in [-0.4, -0.2) is 13.2 Å². The molecule has 1 aromatic carbocycles. The van der Waals surface area contributed by atoms with Gasteiger partial charge >= 0.3 is 0 Å². The Morgan fingerprint density at radius 2 is 2.19 bits per heavy atom. The minimum Gasteiger partial charge on any atom is -0.494 e. The topological polar surface area (TPSA) is 21.3 Å². The third-order valence-corrected chi connectivity index (χ3v) is 3.19. The first-order valence-corrected chi connectivity index (χ1v) is 6.14. The van der Waals surface area contributed by atoms with Crippen molar-refractivity contribution < 1.29 is 4.74 Å². The molecule has 0 bridgehead atoms. The highest BCUT2D eigenvalue weighted by Gasteiger charge is 2.36. The molecule has 0 unspecified atom stereocenters. The summed E-state index contributed by atoms with van der Waals surface area (Å²) in [6.07, 6.45) is 2.75. The fraction of sp³-hybridized carbons (Fsp3) is 0.571. The maximum Gasteiger partial charge on any atom is 0.119 e. The van der Waals surface area contributed by atoms with Crippen molar-refractivity contribution in [3.63, 3.8) is 0 Å². The Hall–Kier alpha value is -1.02.